The second-order valence-electron chi connectivity index (χ2n) is 7.04. The van der Waals surface area contributed by atoms with Crippen LogP contribution in [0.15, 0.2) is 48.8 Å². The summed E-state index contributed by atoms with van der Waals surface area (Å²) in [5, 5.41) is 6.22. The van der Waals surface area contributed by atoms with Gasteiger partial charge in [0.1, 0.15) is 12.1 Å². The fourth-order valence-electron chi connectivity index (χ4n) is 3.37. The molecule has 0 saturated carbocycles. The number of para-hydroxylation sites is 1. The van der Waals surface area contributed by atoms with Crippen molar-refractivity contribution in [3.05, 3.63) is 59.6 Å². The van der Waals surface area contributed by atoms with Crippen LogP contribution < -0.4 is 20.4 Å². The summed E-state index contributed by atoms with van der Waals surface area (Å²) in [5.74, 6) is 0.486. The molecule has 8 nitrogen and oxygen atoms in total. The lowest BCUT2D eigenvalue weighted by Gasteiger charge is -2.36. The van der Waals surface area contributed by atoms with E-state index >= 15 is 0 Å². The molecule has 4 rings (SSSR count). The molecule has 2 N–H and O–H groups in total. The molecule has 31 heavy (non-hydrogen) atoms. The number of hydrogen-bond acceptors (Lipinski definition) is 7. The number of halogens is 2. The third kappa shape index (κ3) is 5.00. The Balaban J connectivity index is 1.44. The standard InChI is InChI=1S/C21H21ClFN7O/c1-14(31)26-18-12-15(6-7-16(18)22)27-20-24-13-25-21(28-20)30-10-8-29(9-11-30)19-5-3-2-4-17(19)23/h2-7,12-13H,8-11H2,1H3,(H,26,31)(H,24,25,27,28). The fourth-order valence-corrected chi connectivity index (χ4v) is 3.54. The van der Waals surface area contributed by atoms with E-state index in [4.69, 9.17) is 11.6 Å². The van der Waals surface area contributed by atoms with Crippen molar-refractivity contribution < 1.29 is 9.18 Å². The van der Waals surface area contributed by atoms with E-state index in [0.29, 0.717) is 60.2 Å². The van der Waals surface area contributed by atoms with Crippen LogP contribution in [-0.4, -0.2) is 47.0 Å². The van der Waals surface area contributed by atoms with Crippen molar-refractivity contribution in [2.75, 3.05) is 46.6 Å². The molecule has 0 radical (unpaired) electrons. The Hall–Kier alpha value is -3.46. The molecule has 1 amide bonds. The van der Waals surface area contributed by atoms with Gasteiger partial charge < -0.3 is 20.4 Å². The van der Waals surface area contributed by atoms with E-state index in [-0.39, 0.29) is 11.7 Å². The Labute approximate surface area is 184 Å². The van der Waals surface area contributed by atoms with E-state index in [1.165, 1.54) is 19.3 Å². The number of amides is 1. The number of aromatic nitrogens is 3. The van der Waals surface area contributed by atoms with Crippen LogP contribution in [0, 0.1) is 5.82 Å². The van der Waals surface area contributed by atoms with Gasteiger partial charge in [-0.05, 0) is 30.3 Å². The van der Waals surface area contributed by atoms with Gasteiger partial charge in [-0.15, -0.1) is 0 Å². The van der Waals surface area contributed by atoms with Crippen LogP contribution in [0.3, 0.4) is 0 Å². The number of carbonyl (C=O) groups excluding carboxylic acids is 1. The van der Waals surface area contributed by atoms with Gasteiger partial charge in [-0.25, -0.2) is 14.4 Å². The second-order valence-corrected chi connectivity index (χ2v) is 7.44. The van der Waals surface area contributed by atoms with Gasteiger partial charge in [0.15, 0.2) is 0 Å². The summed E-state index contributed by atoms with van der Waals surface area (Å²) < 4.78 is 14.0. The van der Waals surface area contributed by atoms with Crippen LogP contribution in [0.2, 0.25) is 5.02 Å². The highest BCUT2D eigenvalue weighted by Crippen LogP contribution is 2.27. The van der Waals surface area contributed by atoms with Crippen LogP contribution in [-0.2, 0) is 4.79 Å². The van der Waals surface area contributed by atoms with Gasteiger partial charge >= 0.3 is 0 Å². The Morgan fingerprint density at radius 3 is 2.55 bits per heavy atom. The van der Waals surface area contributed by atoms with Gasteiger partial charge in [-0.1, -0.05) is 23.7 Å². The van der Waals surface area contributed by atoms with Gasteiger partial charge in [0.05, 0.1) is 16.4 Å². The summed E-state index contributed by atoms with van der Waals surface area (Å²) in [6, 6.07) is 11.9. The average Bonchev–Trinajstić information content (AvgIpc) is 2.76. The summed E-state index contributed by atoms with van der Waals surface area (Å²) in [4.78, 5) is 28.3. The predicted molar refractivity (Wildman–Crippen MR) is 120 cm³/mol. The first-order valence-corrected chi connectivity index (χ1v) is 10.1. The zero-order valence-corrected chi connectivity index (χ0v) is 17.6. The maximum Gasteiger partial charge on any atom is 0.231 e. The number of anilines is 5. The van der Waals surface area contributed by atoms with E-state index < -0.39 is 0 Å². The number of hydrogen-bond donors (Lipinski definition) is 2. The number of piperazine rings is 1. The van der Waals surface area contributed by atoms with E-state index in [0.717, 1.165) is 0 Å². The molecule has 1 aliphatic rings. The molecule has 10 heteroatoms. The van der Waals surface area contributed by atoms with Crippen molar-refractivity contribution in [1.29, 1.82) is 0 Å². The summed E-state index contributed by atoms with van der Waals surface area (Å²) in [6.45, 7) is 4.05. The summed E-state index contributed by atoms with van der Waals surface area (Å²) >= 11 is 6.12. The molecular formula is C21H21ClFN7O. The molecule has 1 aliphatic heterocycles. The molecule has 0 bridgehead atoms. The van der Waals surface area contributed by atoms with Crippen LogP contribution in [0.1, 0.15) is 6.92 Å². The average molecular weight is 442 g/mol. The fraction of sp³-hybridized carbons (Fsp3) is 0.238. The minimum absolute atomic E-state index is 0.212. The minimum atomic E-state index is -0.218. The van der Waals surface area contributed by atoms with Crippen molar-refractivity contribution in [1.82, 2.24) is 15.0 Å². The van der Waals surface area contributed by atoms with Crippen molar-refractivity contribution in [2.45, 2.75) is 6.92 Å². The molecule has 1 saturated heterocycles. The third-order valence-corrected chi connectivity index (χ3v) is 5.18. The molecule has 0 unspecified atom stereocenters. The maximum absolute atomic E-state index is 14.0. The highest BCUT2D eigenvalue weighted by molar-refractivity contribution is 6.33. The normalized spacial score (nSPS) is 13.8. The molecule has 1 aromatic heterocycles. The summed E-state index contributed by atoms with van der Waals surface area (Å²) in [6.07, 6.45) is 1.44. The lowest BCUT2D eigenvalue weighted by atomic mass is 10.2. The molecular weight excluding hydrogens is 421 g/mol. The Morgan fingerprint density at radius 2 is 1.81 bits per heavy atom. The van der Waals surface area contributed by atoms with Crippen LogP contribution in [0.5, 0.6) is 0 Å². The maximum atomic E-state index is 14.0. The molecule has 0 aliphatic carbocycles. The van der Waals surface area contributed by atoms with Crippen LogP contribution in [0.25, 0.3) is 0 Å². The van der Waals surface area contributed by atoms with E-state index in [1.54, 1.807) is 30.3 Å². The first-order valence-electron chi connectivity index (χ1n) is 9.77. The molecule has 0 spiro atoms. The van der Waals surface area contributed by atoms with Crippen molar-refractivity contribution in [3.8, 4) is 0 Å². The van der Waals surface area contributed by atoms with Crippen molar-refractivity contribution in [2.24, 2.45) is 0 Å². The largest absolute Gasteiger partial charge is 0.366 e. The molecule has 3 aromatic rings. The number of rotatable bonds is 5. The van der Waals surface area contributed by atoms with Gasteiger partial charge in [0, 0.05) is 38.8 Å². The Kier molecular flexibility index (Phi) is 6.13. The Bertz CT molecular complexity index is 1090. The van der Waals surface area contributed by atoms with E-state index in [2.05, 4.69) is 25.6 Å². The van der Waals surface area contributed by atoms with Gasteiger partial charge in [0.25, 0.3) is 0 Å². The van der Waals surface area contributed by atoms with E-state index in [1.807, 2.05) is 15.9 Å². The number of benzene rings is 2. The predicted octanol–water partition coefficient (Wildman–Crippen LogP) is 3.69. The third-order valence-electron chi connectivity index (χ3n) is 4.85. The summed E-state index contributed by atoms with van der Waals surface area (Å²) in [7, 11) is 0. The van der Waals surface area contributed by atoms with Crippen LogP contribution >= 0.6 is 11.6 Å². The highest BCUT2D eigenvalue weighted by atomic mass is 35.5. The number of nitrogens with zero attached hydrogens (tertiary/aromatic N) is 5. The van der Waals surface area contributed by atoms with Crippen molar-refractivity contribution >= 4 is 46.5 Å². The Morgan fingerprint density at radius 1 is 1.06 bits per heavy atom. The zero-order chi connectivity index (χ0) is 21.8. The SMILES string of the molecule is CC(=O)Nc1cc(Nc2ncnc(N3CCN(c4ccccc4F)CC3)n2)ccc1Cl. The second kappa shape index (κ2) is 9.13. The topological polar surface area (TPSA) is 86.3 Å². The quantitative estimate of drug-likeness (QED) is 0.624. The van der Waals surface area contributed by atoms with E-state index in [9.17, 15) is 9.18 Å². The molecule has 2 heterocycles. The van der Waals surface area contributed by atoms with Gasteiger partial charge in [-0.3, -0.25) is 4.79 Å². The molecule has 0 atom stereocenters. The number of carbonyl (C=O) groups is 1. The lowest BCUT2D eigenvalue weighted by molar-refractivity contribution is -0.114. The molecule has 2 aromatic carbocycles. The smallest absolute Gasteiger partial charge is 0.231 e. The summed E-state index contributed by atoms with van der Waals surface area (Å²) in [5.41, 5.74) is 1.78. The first kappa shape index (κ1) is 20.8. The molecule has 1 fully saturated rings. The monoisotopic (exact) mass is 441 g/mol. The minimum Gasteiger partial charge on any atom is -0.366 e. The van der Waals surface area contributed by atoms with Crippen molar-refractivity contribution in [3.63, 3.8) is 0 Å². The number of nitrogens with one attached hydrogen (secondary N) is 2. The molecule has 160 valence electrons. The van der Waals surface area contributed by atoms with Gasteiger partial charge in [0.2, 0.25) is 17.8 Å². The zero-order valence-electron chi connectivity index (χ0n) is 16.8. The first-order chi connectivity index (χ1) is 15.0. The van der Waals surface area contributed by atoms with Crippen LogP contribution in [0.4, 0.5) is 33.3 Å². The lowest BCUT2D eigenvalue weighted by Crippen LogP contribution is -2.47. The van der Waals surface area contributed by atoms with Gasteiger partial charge in [-0.2, -0.15) is 4.98 Å². The highest BCUT2D eigenvalue weighted by Gasteiger charge is 2.21.